The molecule has 1 heterocycles. The van der Waals surface area contributed by atoms with E-state index in [0.29, 0.717) is 36.1 Å². The van der Waals surface area contributed by atoms with Crippen LogP contribution in [0, 0.1) is 11.8 Å². The zero-order chi connectivity index (χ0) is 19.2. The number of allylic oxidation sites excluding steroid dienone is 1. The normalized spacial score (nSPS) is 26.7. The summed E-state index contributed by atoms with van der Waals surface area (Å²) < 4.78 is 2.16. The molecule has 0 radical (unpaired) electrons. The predicted molar refractivity (Wildman–Crippen MR) is 111 cm³/mol. The minimum atomic E-state index is 0.110. The lowest BCUT2D eigenvalue weighted by Crippen LogP contribution is -2.44. The second kappa shape index (κ2) is 9.76. The second-order valence-corrected chi connectivity index (χ2v) is 9.25. The van der Waals surface area contributed by atoms with E-state index in [0.717, 1.165) is 17.4 Å². The van der Waals surface area contributed by atoms with Gasteiger partial charge in [-0.1, -0.05) is 63.8 Å². The summed E-state index contributed by atoms with van der Waals surface area (Å²) >= 11 is 1.50. The lowest BCUT2D eigenvalue weighted by molar-refractivity contribution is -0.120. The van der Waals surface area contributed by atoms with E-state index < -0.39 is 0 Å². The summed E-state index contributed by atoms with van der Waals surface area (Å²) in [5.41, 5.74) is 0. The molecule has 1 N–H and O–H groups in total. The molecular formula is C21H34N4OS. The summed E-state index contributed by atoms with van der Waals surface area (Å²) in [4.78, 5) is 12.5. The van der Waals surface area contributed by atoms with Crippen LogP contribution >= 0.6 is 11.8 Å². The van der Waals surface area contributed by atoms with Gasteiger partial charge in [0.2, 0.25) is 5.91 Å². The molecule has 3 atom stereocenters. The zero-order valence-corrected chi connectivity index (χ0v) is 17.6. The van der Waals surface area contributed by atoms with Gasteiger partial charge >= 0.3 is 0 Å². The van der Waals surface area contributed by atoms with Crippen LogP contribution < -0.4 is 5.32 Å². The number of amides is 1. The minimum absolute atomic E-state index is 0.110. The SMILES string of the molecule is C=CCn1c(SCC(=O)N[C@@H]2CCC[C@@H](C)[C@@H]2C)nnc1C1CCCCC1. The van der Waals surface area contributed by atoms with E-state index in [-0.39, 0.29) is 5.91 Å². The Morgan fingerprint density at radius 3 is 2.70 bits per heavy atom. The van der Waals surface area contributed by atoms with E-state index in [9.17, 15) is 4.79 Å². The number of hydrogen-bond donors (Lipinski definition) is 1. The highest BCUT2D eigenvalue weighted by Crippen LogP contribution is 2.33. The van der Waals surface area contributed by atoms with Gasteiger partial charge < -0.3 is 9.88 Å². The monoisotopic (exact) mass is 390 g/mol. The van der Waals surface area contributed by atoms with Crippen LogP contribution in [0.15, 0.2) is 17.8 Å². The highest BCUT2D eigenvalue weighted by Gasteiger charge is 2.28. The number of aromatic nitrogens is 3. The third-order valence-electron chi connectivity index (χ3n) is 6.41. The first-order valence-electron chi connectivity index (χ1n) is 10.6. The van der Waals surface area contributed by atoms with Crippen LogP contribution in [0.1, 0.15) is 77.0 Å². The predicted octanol–water partition coefficient (Wildman–Crippen LogP) is 4.54. The molecule has 0 spiro atoms. The number of carbonyl (C=O) groups is 1. The smallest absolute Gasteiger partial charge is 0.230 e. The van der Waals surface area contributed by atoms with Gasteiger partial charge in [0, 0.05) is 18.5 Å². The van der Waals surface area contributed by atoms with Crippen LogP contribution in [0.2, 0.25) is 0 Å². The van der Waals surface area contributed by atoms with Crippen molar-refractivity contribution in [3.8, 4) is 0 Å². The Labute approximate surface area is 167 Å². The number of nitrogens with one attached hydrogen (secondary N) is 1. The molecule has 150 valence electrons. The Morgan fingerprint density at radius 1 is 1.19 bits per heavy atom. The van der Waals surface area contributed by atoms with Crippen molar-refractivity contribution in [2.45, 2.75) is 88.9 Å². The molecular weight excluding hydrogens is 356 g/mol. The molecule has 0 bridgehead atoms. The van der Waals surface area contributed by atoms with Crippen LogP contribution in [-0.2, 0) is 11.3 Å². The summed E-state index contributed by atoms with van der Waals surface area (Å²) in [5, 5.41) is 13.0. The molecule has 0 aromatic carbocycles. The van der Waals surface area contributed by atoms with E-state index in [4.69, 9.17) is 0 Å². The van der Waals surface area contributed by atoms with Crippen LogP contribution in [0.3, 0.4) is 0 Å². The molecule has 1 amide bonds. The fourth-order valence-corrected chi connectivity index (χ4v) is 5.30. The highest BCUT2D eigenvalue weighted by atomic mass is 32.2. The summed E-state index contributed by atoms with van der Waals surface area (Å²) in [7, 11) is 0. The van der Waals surface area contributed by atoms with E-state index in [1.165, 1.54) is 56.7 Å². The fraction of sp³-hybridized carbons (Fsp3) is 0.762. The Morgan fingerprint density at radius 2 is 1.96 bits per heavy atom. The van der Waals surface area contributed by atoms with Gasteiger partial charge in [0.25, 0.3) is 0 Å². The zero-order valence-electron chi connectivity index (χ0n) is 16.8. The van der Waals surface area contributed by atoms with Crippen molar-refractivity contribution >= 4 is 17.7 Å². The van der Waals surface area contributed by atoms with Gasteiger partial charge in [-0.05, 0) is 31.1 Å². The minimum Gasteiger partial charge on any atom is -0.352 e. The van der Waals surface area contributed by atoms with Crippen LogP contribution in [0.4, 0.5) is 0 Å². The molecule has 2 saturated carbocycles. The number of carbonyl (C=O) groups excluding carboxylic acids is 1. The van der Waals surface area contributed by atoms with E-state index in [1.807, 2.05) is 6.08 Å². The largest absolute Gasteiger partial charge is 0.352 e. The summed E-state index contributed by atoms with van der Waals surface area (Å²) in [6.45, 7) is 9.15. The maximum absolute atomic E-state index is 12.5. The highest BCUT2D eigenvalue weighted by molar-refractivity contribution is 7.99. The third kappa shape index (κ3) is 5.15. The van der Waals surface area contributed by atoms with Gasteiger partial charge in [0.05, 0.1) is 5.75 Å². The third-order valence-corrected chi connectivity index (χ3v) is 7.38. The summed E-state index contributed by atoms with van der Waals surface area (Å²) in [6.07, 6.45) is 11.7. The molecule has 2 fully saturated rings. The number of rotatable bonds is 7. The van der Waals surface area contributed by atoms with E-state index in [1.54, 1.807) is 0 Å². The number of hydrogen-bond acceptors (Lipinski definition) is 4. The molecule has 3 rings (SSSR count). The Hall–Kier alpha value is -1.30. The molecule has 6 heteroatoms. The molecule has 1 aromatic rings. The first kappa shape index (κ1) is 20.4. The molecule has 0 aliphatic heterocycles. The molecule has 2 aliphatic carbocycles. The lowest BCUT2D eigenvalue weighted by Gasteiger charge is -2.34. The quantitative estimate of drug-likeness (QED) is 0.548. The molecule has 0 unspecified atom stereocenters. The summed E-state index contributed by atoms with van der Waals surface area (Å²) in [5.74, 6) is 3.32. The Balaban J connectivity index is 1.59. The van der Waals surface area contributed by atoms with Gasteiger partial charge in [-0.3, -0.25) is 4.79 Å². The first-order chi connectivity index (χ1) is 13.1. The van der Waals surface area contributed by atoms with Crippen molar-refractivity contribution in [3.05, 3.63) is 18.5 Å². The van der Waals surface area contributed by atoms with Crippen molar-refractivity contribution in [2.24, 2.45) is 11.8 Å². The maximum atomic E-state index is 12.5. The average Bonchev–Trinajstić information content (AvgIpc) is 3.07. The fourth-order valence-electron chi connectivity index (χ4n) is 4.53. The molecule has 2 aliphatic rings. The van der Waals surface area contributed by atoms with Crippen molar-refractivity contribution in [3.63, 3.8) is 0 Å². The number of nitrogens with zero attached hydrogens (tertiary/aromatic N) is 3. The van der Waals surface area contributed by atoms with Crippen molar-refractivity contribution in [1.29, 1.82) is 0 Å². The van der Waals surface area contributed by atoms with Crippen LogP contribution in [-0.4, -0.2) is 32.5 Å². The van der Waals surface area contributed by atoms with E-state index in [2.05, 4.69) is 40.5 Å². The number of thioether (sulfide) groups is 1. The van der Waals surface area contributed by atoms with E-state index >= 15 is 0 Å². The Bertz CT molecular complexity index is 638. The van der Waals surface area contributed by atoms with Gasteiger partial charge in [0.15, 0.2) is 5.16 Å². The lowest BCUT2D eigenvalue weighted by atomic mass is 9.78. The van der Waals surface area contributed by atoms with Gasteiger partial charge in [-0.15, -0.1) is 16.8 Å². The van der Waals surface area contributed by atoms with Gasteiger partial charge in [-0.2, -0.15) is 0 Å². The maximum Gasteiger partial charge on any atom is 0.230 e. The Kier molecular flexibility index (Phi) is 7.39. The van der Waals surface area contributed by atoms with Crippen molar-refractivity contribution < 1.29 is 4.79 Å². The second-order valence-electron chi connectivity index (χ2n) is 8.30. The van der Waals surface area contributed by atoms with Gasteiger partial charge in [-0.25, -0.2) is 0 Å². The van der Waals surface area contributed by atoms with Crippen LogP contribution in [0.25, 0.3) is 0 Å². The molecule has 27 heavy (non-hydrogen) atoms. The molecule has 1 aromatic heterocycles. The van der Waals surface area contributed by atoms with Gasteiger partial charge in [0.1, 0.15) is 5.82 Å². The van der Waals surface area contributed by atoms with Crippen molar-refractivity contribution in [1.82, 2.24) is 20.1 Å². The average molecular weight is 391 g/mol. The van der Waals surface area contributed by atoms with Crippen molar-refractivity contribution in [2.75, 3.05) is 5.75 Å². The first-order valence-corrected chi connectivity index (χ1v) is 11.5. The molecule has 0 saturated heterocycles. The topological polar surface area (TPSA) is 59.8 Å². The molecule has 5 nitrogen and oxygen atoms in total. The summed E-state index contributed by atoms with van der Waals surface area (Å²) in [6, 6.07) is 0.311. The van der Waals surface area contributed by atoms with Crippen LogP contribution in [0.5, 0.6) is 0 Å². The standard InChI is InChI=1S/C21H34N4OS/c1-4-13-25-20(17-10-6-5-7-11-17)23-24-21(25)27-14-19(26)22-18-12-8-9-15(2)16(18)3/h4,15-18H,1,5-14H2,2-3H3,(H,22,26)/t15-,16+,18-/m1/s1.